The number of rotatable bonds is 2. The summed E-state index contributed by atoms with van der Waals surface area (Å²) in [5.41, 5.74) is 1.35. The zero-order chi connectivity index (χ0) is 7.28. The second-order valence-corrected chi connectivity index (χ2v) is 3.28. The van der Waals surface area contributed by atoms with Gasteiger partial charge >= 0.3 is 0 Å². The Hall–Kier alpha value is -0.170. The number of allylic oxidation sites excluding steroid dienone is 4. The second kappa shape index (κ2) is 4.68. The van der Waals surface area contributed by atoms with Crippen LogP contribution >= 0.6 is 11.8 Å². The summed E-state index contributed by atoms with van der Waals surface area (Å²) in [6.07, 6.45) is 6.36. The maximum absolute atomic E-state index is 2.14. The van der Waals surface area contributed by atoms with Gasteiger partial charge in [-0.2, -0.15) is 0 Å². The number of hydrogen-bond acceptors (Lipinski definition) is 1. The lowest BCUT2D eigenvalue weighted by atomic mass is 10.3. The van der Waals surface area contributed by atoms with Crippen LogP contribution in [-0.2, 0) is 0 Å². The van der Waals surface area contributed by atoms with Crippen LogP contribution in [0.5, 0.6) is 0 Å². The van der Waals surface area contributed by atoms with E-state index >= 15 is 0 Å². The Morgan fingerprint density at radius 1 is 1.11 bits per heavy atom. The van der Waals surface area contributed by atoms with Gasteiger partial charge in [0.2, 0.25) is 0 Å². The van der Waals surface area contributed by atoms with E-state index in [9.17, 15) is 0 Å². The first kappa shape index (κ1) is 8.83. The van der Waals surface area contributed by atoms with Crippen LogP contribution in [0.15, 0.2) is 22.6 Å². The van der Waals surface area contributed by atoms with Gasteiger partial charge in [-0.1, -0.05) is 17.7 Å². The third kappa shape index (κ3) is 5.71. The van der Waals surface area contributed by atoms with Crippen LogP contribution in [0, 0.1) is 0 Å². The molecule has 52 valence electrons. The minimum Gasteiger partial charge on any atom is -0.134 e. The van der Waals surface area contributed by atoms with E-state index in [4.69, 9.17) is 0 Å². The predicted molar refractivity (Wildman–Crippen MR) is 46.7 cm³/mol. The van der Waals surface area contributed by atoms with Gasteiger partial charge in [0.1, 0.15) is 0 Å². The maximum Gasteiger partial charge on any atom is -0.0140 e. The number of hydrogen-bond donors (Lipinski definition) is 0. The van der Waals surface area contributed by atoms with E-state index in [0.717, 1.165) is 0 Å². The fourth-order valence-electron chi connectivity index (χ4n) is 0.352. The molecule has 0 rings (SSSR count). The molecule has 0 bridgehead atoms. The van der Waals surface area contributed by atoms with E-state index in [2.05, 4.69) is 39.2 Å². The molecule has 0 amide bonds. The zero-order valence-electron chi connectivity index (χ0n) is 6.56. The van der Waals surface area contributed by atoms with Crippen LogP contribution < -0.4 is 0 Å². The third-order valence-electron chi connectivity index (χ3n) is 0.973. The Morgan fingerprint density at radius 3 is 2.00 bits per heavy atom. The molecule has 0 saturated heterocycles. The summed E-state index contributed by atoms with van der Waals surface area (Å²) < 4.78 is 0. The van der Waals surface area contributed by atoms with E-state index in [0.29, 0.717) is 0 Å². The lowest BCUT2D eigenvalue weighted by Crippen LogP contribution is -1.64. The average Bonchev–Trinajstić information content (AvgIpc) is 1.83. The van der Waals surface area contributed by atoms with Crippen LogP contribution in [0.25, 0.3) is 0 Å². The van der Waals surface area contributed by atoms with Crippen molar-refractivity contribution in [3.05, 3.63) is 22.6 Å². The predicted octanol–water partition coefficient (Wildman–Crippen LogP) is 3.22. The van der Waals surface area contributed by atoms with Crippen molar-refractivity contribution >= 4 is 11.8 Å². The molecular weight excluding hydrogens is 128 g/mol. The summed E-state index contributed by atoms with van der Waals surface area (Å²) in [5, 5.41) is 0. The highest BCUT2D eigenvalue weighted by Gasteiger charge is 1.78. The molecular formula is C8H14S. The summed E-state index contributed by atoms with van der Waals surface area (Å²) in [6.45, 7) is 6.32. The SMILES string of the molecule is CS/C(C)=C/C=C(C)C. The van der Waals surface area contributed by atoms with Crippen LogP contribution in [0.4, 0.5) is 0 Å². The molecule has 0 aromatic carbocycles. The highest BCUT2D eigenvalue weighted by atomic mass is 32.2. The van der Waals surface area contributed by atoms with Gasteiger partial charge in [-0.3, -0.25) is 0 Å². The van der Waals surface area contributed by atoms with Crippen molar-refractivity contribution in [2.24, 2.45) is 0 Å². The Bertz CT molecular complexity index is 128. The van der Waals surface area contributed by atoms with Gasteiger partial charge in [0, 0.05) is 0 Å². The second-order valence-electron chi connectivity index (χ2n) is 2.23. The molecule has 0 radical (unpaired) electrons. The van der Waals surface area contributed by atoms with Crippen molar-refractivity contribution in [3.8, 4) is 0 Å². The molecule has 0 heterocycles. The molecule has 0 aliphatic carbocycles. The van der Waals surface area contributed by atoms with E-state index in [1.54, 1.807) is 11.8 Å². The van der Waals surface area contributed by atoms with E-state index in [1.807, 2.05) is 0 Å². The first-order valence-electron chi connectivity index (χ1n) is 3.02. The number of thioether (sulfide) groups is 1. The lowest BCUT2D eigenvalue weighted by molar-refractivity contribution is 1.39. The average molecular weight is 142 g/mol. The largest absolute Gasteiger partial charge is 0.134 e. The van der Waals surface area contributed by atoms with E-state index in [1.165, 1.54) is 10.5 Å². The summed E-state index contributed by atoms with van der Waals surface area (Å²) in [7, 11) is 0. The highest BCUT2D eigenvalue weighted by molar-refractivity contribution is 8.02. The summed E-state index contributed by atoms with van der Waals surface area (Å²) in [5.74, 6) is 0. The standard InChI is InChI=1S/C8H14S/c1-7(2)5-6-8(3)9-4/h5-6H,1-4H3/b8-6+. The lowest BCUT2D eigenvalue weighted by Gasteiger charge is -1.89. The fourth-order valence-corrected chi connectivity index (χ4v) is 0.556. The molecule has 0 unspecified atom stereocenters. The Kier molecular flexibility index (Phi) is 4.60. The summed E-state index contributed by atoms with van der Waals surface area (Å²) >= 11 is 1.78. The Labute approximate surface area is 62.0 Å². The van der Waals surface area contributed by atoms with Gasteiger partial charge in [0.25, 0.3) is 0 Å². The molecule has 0 aromatic heterocycles. The third-order valence-corrected chi connectivity index (χ3v) is 1.75. The quantitative estimate of drug-likeness (QED) is 0.533. The van der Waals surface area contributed by atoms with E-state index in [-0.39, 0.29) is 0 Å². The molecule has 0 aliphatic heterocycles. The first-order chi connectivity index (χ1) is 4.16. The van der Waals surface area contributed by atoms with Gasteiger partial charge < -0.3 is 0 Å². The fraction of sp³-hybridized carbons (Fsp3) is 0.500. The molecule has 0 spiro atoms. The van der Waals surface area contributed by atoms with Gasteiger partial charge in [-0.05, 0) is 31.9 Å². The monoisotopic (exact) mass is 142 g/mol. The normalized spacial score (nSPS) is 11.3. The van der Waals surface area contributed by atoms with Crippen molar-refractivity contribution in [1.82, 2.24) is 0 Å². The molecule has 1 heteroatoms. The van der Waals surface area contributed by atoms with Crippen molar-refractivity contribution in [2.45, 2.75) is 20.8 Å². The van der Waals surface area contributed by atoms with Crippen molar-refractivity contribution in [3.63, 3.8) is 0 Å². The zero-order valence-corrected chi connectivity index (χ0v) is 7.38. The van der Waals surface area contributed by atoms with Crippen LogP contribution in [0.3, 0.4) is 0 Å². The van der Waals surface area contributed by atoms with Gasteiger partial charge in [-0.15, -0.1) is 11.8 Å². The Morgan fingerprint density at radius 2 is 1.67 bits per heavy atom. The summed E-state index contributed by atoms with van der Waals surface area (Å²) in [4.78, 5) is 1.36. The Balaban J connectivity index is 3.83. The smallest absolute Gasteiger partial charge is 0.0140 e. The molecule has 0 nitrogen and oxygen atoms in total. The van der Waals surface area contributed by atoms with Crippen molar-refractivity contribution < 1.29 is 0 Å². The summed E-state index contributed by atoms with van der Waals surface area (Å²) in [6, 6.07) is 0. The van der Waals surface area contributed by atoms with Gasteiger partial charge in [0.05, 0.1) is 0 Å². The van der Waals surface area contributed by atoms with Crippen molar-refractivity contribution in [1.29, 1.82) is 0 Å². The van der Waals surface area contributed by atoms with Gasteiger partial charge in [-0.25, -0.2) is 0 Å². The molecule has 0 aromatic rings. The molecule has 0 saturated carbocycles. The first-order valence-corrected chi connectivity index (χ1v) is 4.25. The molecule has 0 N–H and O–H groups in total. The van der Waals surface area contributed by atoms with Crippen molar-refractivity contribution in [2.75, 3.05) is 6.26 Å². The molecule has 9 heavy (non-hydrogen) atoms. The van der Waals surface area contributed by atoms with Crippen LogP contribution in [0.1, 0.15) is 20.8 Å². The maximum atomic E-state index is 2.14. The molecule has 0 atom stereocenters. The highest BCUT2D eigenvalue weighted by Crippen LogP contribution is 2.09. The minimum atomic E-state index is 1.35. The molecule has 0 aliphatic rings. The van der Waals surface area contributed by atoms with Crippen LogP contribution in [0.2, 0.25) is 0 Å². The topological polar surface area (TPSA) is 0 Å². The van der Waals surface area contributed by atoms with E-state index < -0.39 is 0 Å². The van der Waals surface area contributed by atoms with Crippen LogP contribution in [-0.4, -0.2) is 6.26 Å². The minimum absolute atomic E-state index is 1.35. The van der Waals surface area contributed by atoms with Gasteiger partial charge in [0.15, 0.2) is 0 Å². The molecule has 0 fully saturated rings.